The first-order valence-corrected chi connectivity index (χ1v) is 9.85. The molecule has 4 nitrogen and oxygen atoms in total. The van der Waals surface area contributed by atoms with Gasteiger partial charge < -0.3 is 5.32 Å². The summed E-state index contributed by atoms with van der Waals surface area (Å²) in [6, 6.07) is 19.9. The molecule has 2 heterocycles. The van der Waals surface area contributed by atoms with Crippen LogP contribution in [0.15, 0.2) is 71.2 Å². The normalized spacial score (nSPS) is 10.8. The number of nitrogens with zero attached hydrogens (tertiary/aromatic N) is 2. The summed E-state index contributed by atoms with van der Waals surface area (Å²) in [5, 5.41) is 4.62. The number of carbonyl (C=O) groups excluding carboxylic acids is 1. The Morgan fingerprint density at radius 1 is 0.893 bits per heavy atom. The Balaban J connectivity index is 1.66. The number of anilines is 1. The molecule has 0 atom stereocenters. The van der Waals surface area contributed by atoms with E-state index in [9.17, 15) is 4.79 Å². The maximum Gasteiger partial charge on any atom is 0.256 e. The van der Waals surface area contributed by atoms with Crippen molar-refractivity contribution in [2.75, 3.05) is 5.32 Å². The van der Waals surface area contributed by atoms with E-state index in [0.717, 1.165) is 15.4 Å². The second-order valence-corrected chi connectivity index (χ2v) is 7.76. The molecule has 2 aromatic carbocycles. The summed E-state index contributed by atoms with van der Waals surface area (Å²) in [5.74, 6) is 0.185. The lowest BCUT2D eigenvalue weighted by Gasteiger charge is -2.07. The predicted octanol–water partition coefficient (Wildman–Crippen LogP) is 6.62. The van der Waals surface area contributed by atoms with Crippen molar-refractivity contribution in [2.24, 2.45) is 0 Å². The lowest BCUT2D eigenvalue weighted by atomic mass is 10.1. The van der Waals surface area contributed by atoms with Gasteiger partial charge in [-0.15, -0.1) is 0 Å². The average Bonchev–Trinajstić information content (AvgIpc) is 2.69. The number of hydrogen-bond donors (Lipinski definition) is 1. The van der Waals surface area contributed by atoms with E-state index in [-0.39, 0.29) is 5.91 Å². The SMILES string of the molecule is O=C(Nc1ccc2ccc(-c3ccc(Cl)c(Cl)c3)nc2n1)c1cccc(Br)c1. The number of carbonyl (C=O) groups is 1. The van der Waals surface area contributed by atoms with Gasteiger partial charge in [0.15, 0.2) is 5.65 Å². The van der Waals surface area contributed by atoms with E-state index < -0.39 is 0 Å². The van der Waals surface area contributed by atoms with Crippen LogP contribution in [0.2, 0.25) is 10.0 Å². The maximum absolute atomic E-state index is 12.4. The monoisotopic (exact) mass is 471 g/mol. The van der Waals surface area contributed by atoms with Crippen molar-refractivity contribution in [3.8, 4) is 11.3 Å². The van der Waals surface area contributed by atoms with Crippen LogP contribution in [0.1, 0.15) is 10.4 Å². The standard InChI is InChI=1S/C21H12BrCl2N3O/c22-15-3-1-2-14(10-15)21(28)27-19-9-6-12-5-8-18(25-20(12)26-19)13-4-7-16(23)17(24)11-13/h1-11H,(H,25,26,27,28). The zero-order valence-corrected chi connectivity index (χ0v) is 17.4. The Kier molecular flexibility index (Phi) is 5.31. The van der Waals surface area contributed by atoms with Crippen molar-refractivity contribution in [1.29, 1.82) is 0 Å². The molecule has 138 valence electrons. The van der Waals surface area contributed by atoms with E-state index in [4.69, 9.17) is 23.2 Å². The lowest BCUT2D eigenvalue weighted by molar-refractivity contribution is 0.102. The summed E-state index contributed by atoms with van der Waals surface area (Å²) in [5.41, 5.74) is 2.61. The van der Waals surface area contributed by atoms with Crippen LogP contribution in [-0.4, -0.2) is 15.9 Å². The predicted molar refractivity (Wildman–Crippen MR) is 117 cm³/mol. The van der Waals surface area contributed by atoms with E-state index in [1.807, 2.05) is 30.3 Å². The van der Waals surface area contributed by atoms with Crippen molar-refractivity contribution >= 4 is 61.9 Å². The summed E-state index contributed by atoms with van der Waals surface area (Å²) in [4.78, 5) is 21.5. The van der Waals surface area contributed by atoms with Crippen LogP contribution in [0.3, 0.4) is 0 Å². The van der Waals surface area contributed by atoms with Gasteiger partial charge in [0, 0.05) is 21.0 Å². The van der Waals surface area contributed by atoms with E-state index in [1.165, 1.54) is 0 Å². The fourth-order valence-electron chi connectivity index (χ4n) is 2.70. The summed E-state index contributed by atoms with van der Waals surface area (Å²) < 4.78 is 0.833. The molecular weight excluding hydrogens is 461 g/mol. The van der Waals surface area contributed by atoms with Gasteiger partial charge in [-0.3, -0.25) is 4.79 Å². The molecule has 0 saturated carbocycles. The van der Waals surface area contributed by atoms with E-state index in [2.05, 4.69) is 31.2 Å². The van der Waals surface area contributed by atoms with Gasteiger partial charge in [-0.1, -0.05) is 51.3 Å². The minimum Gasteiger partial charge on any atom is -0.306 e. The molecule has 2 aromatic heterocycles. The molecule has 0 aliphatic carbocycles. The zero-order valence-electron chi connectivity index (χ0n) is 14.3. The number of fused-ring (bicyclic) bond motifs is 1. The van der Waals surface area contributed by atoms with Gasteiger partial charge in [0.2, 0.25) is 0 Å². The van der Waals surface area contributed by atoms with Crippen LogP contribution in [-0.2, 0) is 0 Å². The van der Waals surface area contributed by atoms with Crippen LogP contribution in [0.5, 0.6) is 0 Å². The van der Waals surface area contributed by atoms with Crippen molar-refractivity contribution in [2.45, 2.75) is 0 Å². The molecule has 0 spiro atoms. The number of rotatable bonds is 3. The Labute approximate surface area is 179 Å². The van der Waals surface area contributed by atoms with Gasteiger partial charge >= 0.3 is 0 Å². The molecule has 4 aromatic rings. The number of benzene rings is 2. The third kappa shape index (κ3) is 4.02. The molecule has 0 fully saturated rings. The summed E-state index contributed by atoms with van der Waals surface area (Å²) >= 11 is 15.5. The highest BCUT2D eigenvalue weighted by Crippen LogP contribution is 2.28. The molecule has 1 amide bonds. The number of halogens is 3. The van der Waals surface area contributed by atoms with Gasteiger partial charge in [0.05, 0.1) is 15.7 Å². The first-order chi connectivity index (χ1) is 13.5. The molecule has 7 heteroatoms. The smallest absolute Gasteiger partial charge is 0.256 e. The Bertz CT molecular complexity index is 1210. The Morgan fingerprint density at radius 3 is 2.50 bits per heavy atom. The van der Waals surface area contributed by atoms with Gasteiger partial charge in [0.1, 0.15) is 5.82 Å². The van der Waals surface area contributed by atoms with E-state index >= 15 is 0 Å². The lowest BCUT2D eigenvalue weighted by Crippen LogP contribution is -2.13. The fourth-order valence-corrected chi connectivity index (χ4v) is 3.40. The summed E-state index contributed by atoms with van der Waals surface area (Å²) in [6.45, 7) is 0. The highest BCUT2D eigenvalue weighted by atomic mass is 79.9. The molecule has 0 aliphatic heterocycles. The van der Waals surface area contributed by atoms with E-state index in [1.54, 1.807) is 36.4 Å². The number of pyridine rings is 2. The van der Waals surface area contributed by atoms with Crippen LogP contribution in [0.4, 0.5) is 5.82 Å². The third-order valence-electron chi connectivity index (χ3n) is 4.10. The van der Waals surface area contributed by atoms with Crippen LogP contribution in [0.25, 0.3) is 22.3 Å². The highest BCUT2D eigenvalue weighted by Gasteiger charge is 2.10. The first kappa shape index (κ1) is 18.9. The van der Waals surface area contributed by atoms with Gasteiger partial charge in [-0.25, -0.2) is 9.97 Å². The Morgan fingerprint density at radius 2 is 1.71 bits per heavy atom. The number of aromatic nitrogens is 2. The van der Waals surface area contributed by atoms with Crippen LogP contribution in [0, 0.1) is 0 Å². The largest absolute Gasteiger partial charge is 0.306 e. The molecule has 0 bridgehead atoms. The molecule has 0 radical (unpaired) electrons. The molecule has 1 N–H and O–H groups in total. The topological polar surface area (TPSA) is 54.9 Å². The zero-order chi connectivity index (χ0) is 19.7. The summed E-state index contributed by atoms with van der Waals surface area (Å²) in [6.07, 6.45) is 0. The number of hydrogen-bond acceptors (Lipinski definition) is 3. The van der Waals surface area contributed by atoms with Gasteiger partial charge in [-0.05, 0) is 54.6 Å². The van der Waals surface area contributed by atoms with E-state index in [0.29, 0.717) is 32.8 Å². The molecular formula is C21H12BrCl2N3O. The second-order valence-electron chi connectivity index (χ2n) is 6.03. The van der Waals surface area contributed by atoms with Crippen molar-refractivity contribution < 1.29 is 4.79 Å². The Hall–Kier alpha value is -2.47. The molecule has 0 aliphatic rings. The fraction of sp³-hybridized carbons (Fsp3) is 0. The quantitative estimate of drug-likeness (QED) is 0.364. The first-order valence-electron chi connectivity index (χ1n) is 8.30. The van der Waals surface area contributed by atoms with Crippen LogP contribution < -0.4 is 5.32 Å². The maximum atomic E-state index is 12.4. The number of amides is 1. The second kappa shape index (κ2) is 7.87. The van der Waals surface area contributed by atoms with Gasteiger partial charge in [-0.2, -0.15) is 0 Å². The molecule has 4 rings (SSSR count). The van der Waals surface area contributed by atoms with Gasteiger partial charge in [0.25, 0.3) is 5.91 Å². The van der Waals surface area contributed by atoms with Crippen molar-refractivity contribution in [1.82, 2.24) is 9.97 Å². The molecule has 0 unspecified atom stereocenters. The minimum absolute atomic E-state index is 0.242. The summed E-state index contributed by atoms with van der Waals surface area (Å²) in [7, 11) is 0. The average molecular weight is 473 g/mol. The highest BCUT2D eigenvalue weighted by molar-refractivity contribution is 9.10. The van der Waals surface area contributed by atoms with Crippen LogP contribution >= 0.6 is 39.1 Å². The molecule has 28 heavy (non-hydrogen) atoms. The molecule has 0 saturated heterocycles. The van der Waals surface area contributed by atoms with Crippen molar-refractivity contribution in [3.63, 3.8) is 0 Å². The third-order valence-corrected chi connectivity index (χ3v) is 5.33. The number of nitrogens with one attached hydrogen (secondary N) is 1. The minimum atomic E-state index is -0.242. The van der Waals surface area contributed by atoms with Crippen molar-refractivity contribution in [3.05, 3.63) is 86.8 Å².